The highest BCUT2D eigenvalue weighted by atomic mass is 31.1. The average Bonchev–Trinajstić information content (AvgIpc) is 2.09. The van der Waals surface area contributed by atoms with Crippen LogP contribution >= 0.6 is 16.5 Å². The molecule has 0 saturated heterocycles. The Labute approximate surface area is 82.0 Å². The summed E-state index contributed by atoms with van der Waals surface area (Å²) in [5.74, 6) is 0. The minimum absolute atomic E-state index is 0.115. The van der Waals surface area contributed by atoms with Gasteiger partial charge in [-0.2, -0.15) is 0 Å². The minimum atomic E-state index is -3.05. The first kappa shape index (κ1) is 14.2. The zero-order valence-electron chi connectivity index (χ0n) is 7.25. The van der Waals surface area contributed by atoms with Crippen LogP contribution in [0, 0.1) is 0 Å². The summed E-state index contributed by atoms with van der Waals surface area (Å²) in [5.41, 5.74) is 0. The van der Waals surface area contributed by atoms with Gasteiger partial charge in [0.15, 0.2) is 0 Å². The van der Waals surface area contributed by atoms with Crippen LogP contribution in [0.15, 0.2) is 0 Å². The van der Waals surface area contributed by atoms with Gasteiger partial charge in [-0.1, -0.05) is 0 Å². The van der Waals surface area contributed by atoms with Gasteiger partial charge in [-0.3, -0.25) is 23.1 Å². The first-order valence-electron chi connectivity index (χ1n) is 3.61. The Morgan fingerprint density at radius 1 is 1.07 bits per heavy atom. The zero-order chi connectivity index (χ0) is 11.0. The van der Waals surface area contributed by atoms with Crippen LogP contribution < -0.4 is 0 Å². The lowest BCUT2D eigenvalue weighted by atomic mass is 10.6. The van der Waals surface area contributed by atoms with Crippen molar-refractivity contribution in [3.63, 3.8) is 0 Å². The molecule has 10 heteroatoms. The van der Waals surface area contributed by atoms with Gasteiger partial charge in [0.05, 0.1) is 6.61 Å². The maximum Gasteiger partial charge on any atom is 0.317 e. The number of rotatable bonds is 8. The Morgan fingerprint density at radius 3 is 1.79 bits per heavy atom. The quantitative estimate of drug-likeness (QED) is 0.370. The van der Waals surface area contributed by atoms with Crippen LogP contribution in [-0.2, 0) is 18.2 Å². The molecule has 0 aliphatic rings. The zero-order valence-corrected chi connectivity index (χ0v) is 9.25. The average molecular weight is 249 g/mol. The highest BCUT2D eigenvalue weighted by molar-refractivity contribution is 7.32. The Balaban J connectivity index is 3.76. The van der Waals surface area contributed by atoms with Gasteiger partial charge < -0.3 is 14.9 Å². The summed E-state index contributed by atoms with van der Waals surface area (Å²) in [6.45, 7) is -0.594. The molecule has 8 nitrogen and oxygen atoms in total. The first-order valence-corrected chi connectivity index (χ1v) is 6.13. The number of hydrogen-bond donors (Lipinski definition) is 3. The van der Waals surface area contributed by atoms with E-state index in [9.17, 15) is 9.13 Å². The molecule has 0 bridgehead atoms. The summed E-state index contributed by atoms with van der Waals surface area (Å²) in [7, 11) is -6.09. The number of aliphatic hydroxyl groups excluding tert-OH is 1. The maximum atomic E-state index is 10.2. The minimum Gasteiger partial charge on any atom is -0.395 e. The van der Waals surface area contributed by atoms with E-state index in [0.29, 0.717) is 0 Å². The Kier molecular flexibility index (Phi) is 8.66. The maximum absolute atomic E-state index is 10.2. The SMILES string of the molecule is O=[PH](O)OCN(CCO)CO[PH](=O)O. The van der Waals surface area contributed by atoms with Gasteiger partial charge in [-0.15, -0.1) is 0 Å². The second kappa shape index (κ2) is 8.52. The third-order valence-corrected chi connectivity index (χ3v) is 1.91. The number of hydrogen-bond acceptors (Lipinski definition) is 6. The van der Waals surface area contributed by atoms with Crippen molar-refractivity contribution in [2.24, 2.45) is 0 Å². The van der Waals surface area contributed by atoms with Crippen molar-refractivity contribution in [1.29, 1.82) is 0 Å². The summed E-state index contributed by atoms with van der Waals surface area (Å²) in [6, 6.07) is 0. The predicted octanol–water partition coefficient (Wildman–Crippen LogP) is -1.01. The fourth-order valence-corrected chi connectivity index (χ4v) is 1.19. The fourth-order valence-electron chi connectivity index (χ4n) is 0.601. The Hall–Kier alpha value is 0.220. The first-order chi connectivity index (χ1) is 6.56. The Morgan fingerprint density at radius 2 is 1.50 bits per heavy atom. The molecule has 0 heterocycles. The van der Waals surface area contributed by atoms with Crippen molar-refractivity contribution >= 4 is 16.5 Å². The molecule has 0 aliphatic heterocycles. The van der Waals surface area contributed by atoms with E-state index < -0.39 is 16.5 Å². The third kappa shape index (κ3) is 8.80. The number of aliphatic hydroxyl groups is 1. The van der Waals surface area contributed by atoms with Crippen LogP contribution in [0.3, 0.4) is 0 Å². The highest BCUT2D eigenvalue weighted by Gasteiger charge is 2.06. The van der Waals surface area contributed by atoms with E-state index in [1.165, 1.54) is 4.90 Å². The van der Waals surface area contributed by atoms with Crippen LogP contribution in [0.5, 0.6) is 0 Å². The van der Waals surface area contributed by atoms with E-state index >= 15 is 0 Å². The number of nitrogens with zero attached hydrogens (tertiary/aromatic N) is 1. The molecule has 2 atom stereocenters. The lowest BCUT2D eigenvalue weighted by Crippen LogP contribution is -2.30. The molecular formula is C4H13NO7P2. The molecule has 3 N–H and O–H groups in total. The highest BCUT2D eigenvalue weighted by Crippen LogP contribution is 2.17. The van der Waals surface area contributed by atoms with Crippen molar-refractivity contribution < 1.29 is 33.1 Å². The second-order valence-electron chi connectivity index (χ2n) is 2.20. The molecule has 0 rings (SSSR count). The topological polar surface area (TPSA) is 117 Å². The fraction of sp³-hybridized carbons (Fsp3) is 1.00. The molecule has 0 spiro atoms. The smallest absolute Gasteiger partial charge is 0.317 e. The van der Waals surface area contributed by atoms with Crippen molar-refractivity contribution in [2.75, 3.05) is 26.6 Å². The van der Waals surface area contributed by atoms with Crippen LogP contribution in [0.2, 0.25) is 0 Å². The van der Waals surface area contributed by atoms with Crippen molar-refractivity contribution in [3.8, 4) is 0 Å². The summed E-state index contributed by atoms with van der Waals surface area (Å²) >= 11 is 0. The van der Waals surface area contributed by atoms with Gasteiger partial charge in [0.2, 0.25) is 0 Å². The van der Waals surface area contributed by atoms with Crippen molar-refractivity contribution in [2.45, 2.75) is 0 Å². The Bertz CT molecular complexity index is 182. The van der Waals surface area contributed by atoms with E-state index in [1.807, 2.05) is 0 Å². The molecule has 0 aliphatic carbocycles. The molecule has 0 fully saturated rings. The molecule has 86 valence electrons. The molecule has 14 heavy (non-hydrogen) atoms. The molecular weight excluding hydrogens is 236 g/mol. The van der Waals surface area contributed by atoms with Crippen LogP contribution in [-0.4, -0.2) is 46.4 Å². The van der Waals surface area contributed by atoms with Crippen LogP contribution in [0.25, 0.3) is 0 Å². The normalized spacial score (nSPS) is 15.7. The third-order valence-electron chi connectivity index (χ3n) is 1.16. The monoisotopic (exact) mass is 249 g/mol. The molecule has 0 saturated carbocycles. The van der Waals surface area contributed by atoms with Gasteiger partial charge in [0, 0.05) is 6.54 Å². The van der Waals surface area contributed by atoms with E-state index in [0.717, 1.165) is 0 Å². The molecule has 0 amide bonds. The molecule has 2 unspecified atom stereocenters. The summed E-state index contributed by atoms with van der Waals surface area (Å²) in [4.78, 5) is 17.9. The van der Waals surface area contributed by atoms with Crippen molar-refractivity contribution in [3.05, 3.63) is 0 Å². The lowest BCUT2D eigenvalue weighted by molar-refractivity contribution is 0.0378. The largest absolute Gasteiger partial charge is 0.395 e. The van der Waals surface area contributed by atoms with Crippen LogP contribution in [0.4, 0.5) is 0 Å². The van der Waals surface area contributed by atoms with Crippen molar-refractivity contribution in [1.82, 2.24) is 4.90 Å². The summed E-state index contributed by atoms with van der Waals surface area (Å²) in [5, 5.41) is 8.55. The second-order valence-corrected chi connectivity index (χ2v) is 3.84. The van der Waals surface area contributed by atoms with Gasteiger partial charge >= 0.3 is 16.5 Å². The predicted molar refractivity (Wildman–Crippen MR) is 48.1 cm³/mol. The summed E-state index contributed by atoms with van der Waals surface area (Å²) < 4.78 is 29.1. The lowest BCUT2D eigenvalue weighted by Gasteiger charge is -2.18. The van der Waals surface area contributed by atoms with Crippen LogP contribution in [0.1, 0.15) is 0 Å². The molecule has 0 aromatic rings. The van der Waals surface area contributed by atoms with E-state index in [1.54, 1.807) is 0 Å². The van der Waals surface area contributed by atoms with E-state index in [4.69, 9.17) is 14.9 Å². The molecule has 0 aromatic heterocycles. The molecule has 0 radical (unpaired) electrons. The van der Waals surface area contributed by atoms with Gasteiger partial charge in [-0.25, -0.2) is 0 Å². The summed E-state index contributed by atoms with van der Waals surface area (Å²) in [6.07, 6.45) is 0. The van der Waals surface area contributed by atoms with E-state index in [-0.39, 0.29) is 26.6 Å². The van der Waals surface area contributed by atoms with Gasteiger partial charge in [0.25, 0.3) is 0 Å². The van der Waals surface area contributed by atoms with Gasteiger partial charge in [0.1, 0.15) is 13.5 Å². The van der Waals surface area contributed by atoms with E-state index in [2.05, 4.69) is 9.05 Å². The molecule has 0 aromatic carbocycles. The standard InChI is InChI=1S/C4H13NO7P2/c6-2-1-5(3-11-13(7)8)4-12-14(9)10/h6,13-14H,1-4H2,(H,7,8)(H,9,10). The van der Waals surface area contributed by atoms with Gasteiger partial charge in [-0.05, 0) is 0 Å².